The summed E-state index contributed by atoms with van der Waals surface area (Å²) in [6, 6.07) is -0.976. The predicted molar refractivity (Wildman–Crippen MR) is 363 cm³/mol. The van der Waals surface area contributed by atoms with Gasteiger partial charge in [0.15, 0.2) is 12.6 Å². The summed E-state index contributed by atoms with van der Waals surface area (Å²) in [5.74, 6) is -0.305. The first-order valence-corrected chi connectivity index (χ1v) is 33.5. The third kappa shape index (κ3) is 41.2. The first kappa shape index (κ1) is 80.2. The Hall–Kier alpha value is -4.91. The minimum absolute atomic E-state index is 0.202. The predicted octanol–water partition coefficient (Wildman–Crippen LogP) is 13.4. The standard InChI is InChI=1S/C75H117NO13/c1-3-5-7-9-11-13-15-17-19-21-22-23-24-25-26-27-28-29-30-31-32-33-34-35-36-37-38-39-40-41-42-43-45-47-49-51-53-55-57-59-67(80)76-63(64(79)58-56-54-52-50-48-46-44-20-18-16-14-12-10-8-6-4-2)62-86-74-72(85)70(83)73(66(61-78)88-74)89-75-71(84)69(82)68(81)65(60-77)87-75/h5,7,11,13,17-20,22-23,25-26,28-29,31-32,34-35,37-38,40-41,43,45,48-51,56,58,63-66,68-75,77-79,81-85H,3-4,6,8-10,12,14-16,21,24,27,30,33,36,39,42,44,46-47,52-55,57,59-62H2,1-2H3,(H,76,80)/b7-5-,13-11-,19-17-,20-18+,23-22-,26-25-,29-28-,32-31-,35-34-,38-37-,41-40-,45-43-,50-48+,51-49-,58-56+. The zero-order valence-corrected chi connectivity index (χ0v) is 54.1. The first-order valence-electron chi connectivity index (χ1n) is 33.5. The van der Waals surface area contributed by atoms with E-state index >= 15 is 0 Å². The van der Waals surface area contributed by atoms with Gasteiger partial charge in [0.2, 0.25) is 5.91 Å². The van der Waals surface area contributed by atoms with Gasteiger partial charge in [-0.05, 0) is 135 Å². The molecule has 2 saturated heterocycles. The molecule has 0 bridgehead atoms. The van der Waals surface area contributed by atoms with Crippen molar-refractivity contribution >= 4 is 5.91 Å². The van der Waals surface area contributed by atoms with Crippen molar-refractivity contribution in [3.05, 3.63) is 182 Å². The molecule has 0 aromatic rings. The minimum atomic E-state index is -1.81. The average molecular weight is 1240 g/mol. The van der Waals surface area contributed by atoms with E-state index < -0.39 is 86.8 Å². The lowest BCUT2D eigenvalue weighted by Crippen LogP contribution is -2.65. The Morgan fingerprint density at radius 2 is 0.787 bits per heavy atom. The van der Waals surface area contributed by atoms with Gasteiger partial charge >= 0.3 is 0 Å². The van der Waals surface area contributed by atoms with Crippen LogP contribution in [0.5, 0.6) is 0 Å². The highest BCUT2D eigenvalue weighted by Crippen LogP contribution is 2.30. The number of allylic oxidation sites excluding steroid dienone is 29. The third-order valence-electron chi connectivity index (χ3n) is 14.8. The van der Waals surface area contributed by atoms with Crippen molar-refractivity contribution in [3.63, 3.8) is 0 Å². The van der Waals surface area contributed by atoms with Crippen LogP contribution in [0.1, 0.15) is 187 Å². The second-order valence-corrected chi connectivity index (χ2v) is 22.5. The Morgan fingerprint density at radius 3 is 1.24 bits per heavy atom. The van der Waals surface area contributed by atoms with E-state index in [1.165, 1.54) is 38.5 Å². The number of aliphatic hydroxyl groups is 8. The molecule has 12 unspecified atom stereocenters. The van der Waals surface area contributed by atoms with Crippen LogP contribution in [0.3, 0.4) is 0 Å². The summed E-state index contributed by atoms with van der Waals surface area (Å²) < 4.78 is 22.7. The van der Waals surface area contributed by atoms with Gasteiger partial charge in [0.1, 0.15) is 48.8 Å². The van der Waals surface area contributed by atoms with Gasteiger partial charge in [0.05, 0.1) is 32.0 Å². The molecule has 2 rings (SSSR count). The number of unbranched alkanes of at least 4 members (excludes halogenated alkanes) is 10. The average Bonchev–Trinajstić information content (AvgIpc) is 2.55. The fourth-order valence-corrected chi connectivity index (χ4v) is 9.48. The van der Waals surface area contributed by atoms with E-state index in [9.17, 15) is 45.6 Å². The summed E-state index contributed by atoms with van der Waals surface area (Å²) in [7, 11) is 0. The van der Waals surface area contributed by atoms with E-state index in [0.717, 1.165) is 116 Å². The monoisotopic (exact) mass is 1240 g/mol. The number of amides is 1. The molecule has 1 amide bonds. The van der Waals surface area contributed by atoms with Crippen LogP contribution >= 0.6 is 0 Å². The topological polar surface area (TPSA) is 228 Å². The summed E-state index contributed by atoms with van der Waals surface area (Å²) >= 11 is 0. The molecule has 500 valence electrons. The molecule has 9 N–H and O–H groups in total. The number of aliphatic hydroxyl groups excluding tert-OH is 8. The van der Waals surface area contributed by atoms with E-state index in [2.05, 4.69) is 189 Å². The van der Waals surface area contributed by atoms with Crippen molar-refractivity contribution in [2.75, 3.05) is 19.8 Å². The number of nitrogens with one attached hydrogen (secondary N) is 1. The molecule has 0 radical (unpaired) electrons. The number of ether oxygens (including phenoxy) is 4. The van der Waals surface area contributed by atoms with Crippen LogP contribution in [0, 0.1) is 0 Å². The quantitative estimate of drug-likeness (QED) is 0.0204. The van der Waals surface area contributed by atoms with Crippen LogP contribution in [0.25, 0.3) is 0 Å². The van der Waals surface area contributed by atoms with Crippen molar-refractivity contribution in [1.82, 2.24) is 5.32 Å². The van der Waals surface area contributed by atoms with Gasteiger partial charge in [-0.3, -0.25) is 4.79 Å². The van der Waals surface area contributed by atoms with Crippen LogP contribution in [-0.4, -0.2) is 140 Å². The highest BCUT2D eigenvalue weighted by atomic mass is 16.7. The maximum absolute atomic E-state index is 13.3. The van der Waals surface area contributed by atoms with Crippen LogP contribution in [-0.2, 0) is 23.7 Å². The van der Waals surface area contributed by atoms with Crippen molar-refractivity contribution in [2.24, 2.45) is 0 Å². The van der Waals surface area contributed by atoms with Gasteiger partial charge in [-0.15, -0.1) is 0 Å². The molecular weight excluding hydrogens is 1120 g/mol. The van der Waals surface area contributed by atoms with Gasteiger partial charge in [-0.1, -0.05) is 228 Å². The second kappa shape index (κ2) is 57.0. The molecule has 0 aliphatic carbocycles. The van der Waals surface area contributed by atoms with E-state index in [4.69, 9.17) is 18.9 Å². The molecule has 0 aromatic carbocycles. The molecule has 0 saturated carbocycles. The van der Waals surface area contributed by atoms with E-state index in [-0.39, 0.29) is 18.9 Å². The summed E-state index contributed by atoms with van der Waals surface area (Å²) in [6.45, 7) is 2.59. The number of carbonyl (C=O) groups excluding carboxylic acids is 1. The third-order valence-corrected chi connectivity index (χ3v) is 14.8. The Labute approximate surface area is 536 Å². The number of hydrogen-bond acceptors (Lipinski definition) is 13. The fourth-order valence-electron chi connectivity index (χ4n) is 9.48. The Morgan fingerprint density at radius 1 is 0.416 bits per heavy atom. The molecule has 2 fully saturated rings. The molecule has 2 aliphatic heterocycles. The van der Waals surface area contributed by atoms with Gasteiger partial charge in [-0.25, -0.2) is 0 Å². The van der Waals surface area contributed by atoms with E-state index in [0.29, 0.717) is 12.8 Å². The molecule has 89 heavy (non-hydrogen) atoms. The lowest BCUT2D eigenvalue weighted by atomic mass is 9.97. The molecule has 12 atom stereocenters. The van der Waals surface area contributed by atoms with Gasteiger partial charge in [0, 0.05) is 6.42 Å². The van der Waals surface area contributed by atoms with Gasteiger partial charge in [0.25, 0.3) is 0 Å². The molecule has 14 nitrogen and oxygen atoms in total. The van der Waals surface area contributed by atoms with Gasteiger partial charge < -0.3 is 65.1 Å². The van der Waals surface area contributed by atoms with Crippen LogP contribution in [0.4, 0.5) is 0 Å². The highest BCUT2D eigenvalue weighted by Gasteiger charge is 2.51. The largest absolute Gasteiger partial charge is 0.394 e. The van der Waals surface area contributed by atoms with E-state index in [1.54, 1.807) is 6.08 Å². The van der Waals surface area contributed by atoms with Crippen LogP contribution in [0.15, 0.2) is 182 Å². The maximum atomic E-state index is 13.3. The molecule has 0 spiro atoms. The number of carbonyl (C=O) groups is 1. The summed E-state index contributed by atoms with van der Waals surface area (Å²) in [5.41, 5.74) is 0. The van der Waals surface area contributed by atoms with Crippen molar-refractivity contribution in [3.8, 4) is 0 Å². The number of rotatable bonds is 51. The maximum Gasteiger partial charge on any atom is 0.220 e. The van der Waals surface area contributed by atoms with E-state index in [1.807, 2.05) is 6.08 Å². The molecule has 2 heterocycles. The Kier molecular flexibility index (Phi) is 51.4. The Bertz CT molecular complexity index is 2200. The molecule has 2 aliphatic rings. The zero-order chi connectivity index (χ0) is 64.5. The van der Waals surface area contributed by atoms with Crippen LogP contribution < -0.4 is 5.32 Å². The van der Waals surface area contributed by atoms with Crippen molar-refractivity contribution in [2.45, 2.75) is 261 Å². The molecule has 0 aromatic heterocycles. The first-order chi connectivity index (χ1) is 43.6. The highest BCUT2D eigenvalue weighted by molar-refractivity contribution is 5.76. The lowest BCUT2D eigenvalue weighted by molar-refractivity contribution is -0.359. The lowest BCUT2D eigenvalue weighted by Gasteiger charge is -2.46. The Balaban J connectivity index is 1.71. The zero-order valence-electron chi connectivity index (χ0n) is 54.1. The summed E-state index contributed by atoms with van der Waals surface area (Å²) in [6.07, 6.45) is 73.7. The van der Waals surface area contributed by atoms with Crippen LogP contribution in [0.2, 0.25) is 0 Å². The van der Waals surface area contributed by atoms with Crippen molar-refractivity contribution < 1.29 is 64.6 Å². The smallest absolute Gasteiger partial charge is 0.220 e. The van der Waals surface area contributed by atoms with Gasteiger partial charge in [-0.2, -0.15) is 0 Å². The second-order valence-electron chi connectivity index (χ2n) is 22.5. The molecule has 14 heteroatoms. The minimum Gasteiger partial charge on any atom is -0.394 e. The van der Waals surface area contributed by atoms with Crippen molar-refractivity contribution in [1.29, 1.82) is 0 Å². The summed E-state index contributed by atoms with van der Waals surface area (Å²) in [5, 5.41) is 87.1. The molecular formula is C75H117NO13. The SMILES string of the molecule is CC/C=C\C/C=C\C/C=C\C/C=C\C/C=C\C/C=C\C/C=C\C/C=C\C/C=C\C/C=C\C/C=C\C/C=C\CCCCC(=O)NC(COC1OC(CO)C(OC2OC(CO)C(O)C(O)C2O)C(O)C1O)C(O)/C=C/CC/C=C/CC/C=C/CCCCCCCC. The fraction of sp³-hybridized carbons (Fsp3) is 0.587. The normalized spacial score (nSPS) is 24.2. The summed E-state index contributed by atoms with van der Waals surface area (Å²) in [4.78, 5) is 13.3. The number of hydrogen-bond donors (Lipinski definition) is 9.